The molecule has 0 amide bonds. The lowest BCUT2D eigenvalue weighted by molar-refractivity contribution is 0.355. The van der Waals surface area contributed by atoms with Crippen molar-refractivity contribution in [2.45, 2.75) is 0 Å². The summed E-state index contributed by atoms with van der Waals surface area (Å²) < 4.78 is 12.1. The van der Waals surface area contributed by atoms with E-state index < -0.39 is 0 Å². The van der Waals surface area contributed by atoms with Gasteiger partial charge in [-0.05, 0) is 18.2 Å². The van der Waals surface area contributed by atoms with E-state index >= 15 is 0 Å². The van der Waals surface area contributed by atoms with Crippen molar-refractivity contribution in [2.75, 3.05) is 20.0 Å². The summed E-state index contributed by atoms with van der Waals surface area (Å²) in [5.74, 6) is 2.37. The first kappa shape index (κ1) is 11.3. The number of hydrogen-bond acceptors (Lipinski definition) is 5. The summed E-state index contributed by atoms with van der Waals surface area (Å²) in [4.78, 5) is 0. The van der Waals surface area contributed by atoms with Crippen LogP contribution < -0.4 is 15.2 Å². The molecular formula is C11H14N4O2. The van der Waals surface area contributed by atoms with Gasteiger partial charge in [0.15, 0.2) is 17.3 Å². The first-order chi connectivity index (χ1) is 8.17. The fourth-order valence-electron chi connectivity index (χ4n) is 1.57. The van der Waals surface area contributed by atoms with Crippen LogP contribution in [0.1, 0.15) is 0 Å². The molecule has 0 aliphatic rings. The maximum Gasteiger partial charge on any atom is 0.222 e. The van der Waals surface area contributed by atoms with Crippen LogP contribution >= 0.6 is 0 Å². The first-order valence-electron chi connectivity index (χ1n) is 5.04. The lowest BCUT2D eigenvalue weighted by atomic mass is 10.2. The second-order valence-electron chi connectivity index (χ2n) is 3.51. The van der Waals surface area contributed by atoms with Gasteiger partial charge in [0, 0.05) is 12.6 Å². The second kappa shape index (κ2) is 4.32. The van der Waals surface area contributed by atoms with Crippen LogP contribution in [0.15, 0.2) is 18.2 Å². The van der Waals surface area contributed by atoms with Gasteiger partial charge in [0.25, 0.3) is 0 Å². The number of ether oxygens (including phenoxy) is 2. The lowest BCUT2D eigenvalue weighted by Gasteiger charge is -2.09. The molecule has 0 fully saturated rings. The van der Waals surface area contributed by atoms with Gasteiger partial charge in [-0.15, -0.1) is 10.2 Å². The van der Waals surface area contributed by atoms with Crippen molar-refractivity contribution in [3.8, 4) is 22.9 Å². The molecule has 90 valence electrons. The molecular weight excluding hydrogens is 220 g/mol. The Balaban J connectivity index is 2.50. The zero-order valence-corrected chi connectivity index (χ0v) is 9.97. The summed E-state index contributed by atoms with van der Waals surface area (Å²) in [7, 11) is 4.99. The minimum absolute atomic E-state index is 0.370. The standard InChI is InChI=1S/C11H14N4O2/c1-15-10(13-14-11(15)12)7-4-5-8(16-2)9(6-7)17-3/h4-6H,1-3H3,(H2,12,14). The van der Waals surface area contributed by atoms with E-state index in [-0.39, 0.29) is 0 Å². The summed E-state index contributed by atoms with van der Waals surface area (Å²) in [6, 6.07) is 5.53. The molecule has 2 rings (SSSR count). The van der Waals surface area contributed by atoms with Gasteiger partial charge in [-0.3, -0.25) is 4.57 Å². The summed E-state index contributed by atoms with van der Waals surface area (Å²) >= 11 is 0. The van der Waals surface area contributed by atoms with E-state index in [0.717, 1.165) is 5.56 Å². The Bertz CT molecular complexity index is 536. The highest BCUT2D eigenvalue weighted by Crippen LogP contribution is 2.31. The molecule has 6 heteroatoms. The number of rotatable bonds is 3. The maximum absolute atomic E-state index is 5.64. The highest BCUT2D eigenvalue weighted by molar-refractivity contribution is 5.62. The predicted molar refractivity (Wildman–Crippen MR) is 64.0 cm³/mol. The van der Waals surface area contributed by atoms with Crippen molar-refractivity contribution in [1.29, 1.82) is 0 Å². The van der Waals surface area contributed by atoms with E-state index in [0.29, 0.717) is 23.3 Å². The van der Waals surface area contributed by atoms with E-state index in [9.17, 15) is 0 Å². The number of nitrogens with two attached hydrogens (primary N) is 1. The molecule has 0 radical (unpaired) electrons. The van der Waals surface area contributed by atoms with Gasteiger partial charge in [0.1, 0.15) is 0 Å². The lowest BCUT2D eigenvalue weighted by Crippen LogP contribution is -1.99. The Hall–Kier alpha value is -2.24. The summed E-state index contributed by atoms with van der Waals surface area (Å²) in [6.07, 6.45) is 0. The molecule has 1 aromatic heterocycles. The summed E-state index contributed by atoms with van der Waals surface area (Å²) in [5, 5.41) is 7.82. The molecule has 0 bridgehead atoms. The van der Waals surface area contributed by atoms with E-state index in [1.54, 1.807) is 25.8 Å². The van der Waals surface area contributed by atoms with Crippen LogP contribution in [0.2, 0.25) is 0 Å². The molecule has 0 spiro atoms. The highest BCUT2D eigenvalue weighted by atomic mass is 16.5. The Kier molecular flexibility index (Phi) is 2.86. The Labute approximate surface area is 99.0 Å². The molecule has 0 aliphatic carbocycles. The molecule has 1 aromatic carbocycles. The minimum Gasteiger partial charge on any atom is -0.493 e. The number of nitrogens with zero attached hydrogens (tertiary/aromatic N) is 3. The van der Waals surface area contributed by atoms with E-state index in [4.69, 9.17) is 15.2 Å². The Morgan fingerprint density at radius 3 is 2.35 bits per heavy atom. The molecule has 0 saturated heterocycles. The maximum atomic E-state index is 5.64. The molecule has 17 heavy (non-hydrogen) atoms. The third kappa shape index (κ3) is 1.89. The number of anilines is 1. The molecule has 2 aromatic rings. The average molecular weight is 234 g/mol. The number of methoxy groups -OCH3 is 2. The second-order valence-corrected chi connectivity index (χ2v) is 3.51. The first-order valence-corrected chi connectivity index (χ1v) is 5.04. The molecule has 6 nitrogen and oxygen atoms in total. The number of benzene rings is 1. The van der Waals surface area contributed by atoms with Crippen LogP contribution in [-0.4, -0.2) is 29.0 Å². The van der Waals surface area contributed by atoms with Crippen molar-refractivity contribution in [3.63, 3.8) is 0 Å². The Morgan fingerprint density at radius 1 is 1.12 bits per heavy atom. The highest BCUT2D eigenvalue weighted by Gasteiger charge is 2.11. The van der Waals surface area contributed by atoms with Gasteiger partial charge in [0.05, 0.1) is 14.2 Å². The third-order valence-electron chi connectivity index (χ3n) is 2.55. The van der Waals surface area contributed by atoms with E-state index in [2.05, 4.69) is 10.2 Å². The van der Waals surface area contributed by atoms with Gasteiger partial charge in [-0.1, -0.05) is 0 Å². The van der Waals surface area contributed by atoms with Gasteiger partial charge in [-0.25, -0.2) is 0 Å². The van der Waals surface area contributed by atoms with Crippen LogP contribution in [0, 0.1) is 0 Å². The number of hydrogen-bond donors (Lipinski definition) is 1. The van der Waals surface area contributed by atoms with Crippen molar-refractivity contribution in [1.82, 2.24) is 14.8 Å². The number of aromatic nitrogens is 3. The Morgan fingerprint density at radius 2 is 1.82 bits per heavy atom. The van der Waals surface area contributed by atoms with Gasteiger partial charge < -0.3 is 15.2 Å². The average Bonchev–Trinajstić information content (AvgIpc) is 2.69. The van der Waals surface area contributed by atoms with E-state index in [1.165, 1.54) is 0 Å². The van der Waals surface area contributed by atoms with Crippen LogP contribution in [0.3, 0.4) is 0 Å². The quantitative estimate of drug-likeness (QED) is 0.860. The van der Waals surface area contributed by atoms with Crippen LogP contribution in [0.25, 0.3) is 11.4 Å². The molecule has 0 aliphatic heterocycles. The van der Waals surface area contributed by atoms with Crippen molar-refractivity contribution in [2.24, 2.45) is 7.05 Å². The topological polar surface area (TPSA) is 75.2 Å². The summed E-state index contributed by atoms with van der Waals surface area (Å²) in [5.41, 5.74) is 6.51. The zero-order valence-electron chi connectivity index (χ0n) is 9.97. The number of nitrogen functional groups attached to an aromatic ring is 1. The zero-order chi connectivity index (χ0) is 12.4. The molecule has 0 atom stereocenters. The monoisotopic (exact) mass is 234 g/mol. The predicted octanol–water partition coefficient (Wildman–Crippen LogP) is 1.08. The normalized spacial score (nSPS) is 10.3. The molecule has 0 unspecified atom stereocenters. The summed E-state index contributed by atoms with van der Waals surface area (Å²) in [6.45, 7) is 0. The fraction of sp³-hybridized carbons (Fsp3) is 0.273. The molecule has 0 saturated carbocycles. The van der Waals surface area contributed by atoms with Crippen LogP contribution in [0.5, 0.6) is 11.5 Å². The van der Waals surface area contributed by atoms with Gasteiger partial charge in [0.2, 0.25) is 5.95 Å². The van der Waals surface area contributed by atoms with Crippen molar-refractivity contribution >= 4 is 5.95 Å². The largest absolute Gasteiger partial charge is 0.493 e. The third-order valence-corrected chi connectivity index (χ3v) is 2.55. The fourth-order valence-corrected chi connectivity index (χ4v) is 1.57. The minimum atomic E-state index is 0.370. The smallest absolute Gasteiger partial charge is 0.222 e. The van der Waals surface area contributed by atoms with Crippen molar-refractivity contribution in [3.05, 3.63) is 18.2 Å². The molecule has 1 heterocycles. The molecule has 2 N–H and O–H groups in total. The van der Waals surface area contributed by atoms with Gasteiger partial charge in [-0.2, -0.15) is 0 Å². The van der Waals surface area contributed by atoms with Crippen LogP contribution in [0.4, 0.5) is 5.95 Å². The van der Waals surface area contributed by atoms with Gasteiger partial charge >= 0.3 is 0 Å². The van der Waals surface area contributed by atoms with Crippen LogP contribution in [-0.2, 0) is 7.05 Å². The van der Waals surface area contributed by atoms with Crippen molar-refractivity contribution < 1.29 is 9.47 Å². The SMILES string of the molecule is COc1ccc(-c2nnc(N)n2C)cc1OC. The van der Waals surface area contributed by atoms with E-state index in [1.807, 2.05) is 18.2 Å².